The van der Waals surface area contributed by atoms with Crippen molar-refractivity contribution in [1.82, 2.24) is 0 Å². The van der Waals surface area contributed by atoms with Crippen LogP contribution >= 0.6 is 0 Å². The lowest BCUT2D eigenvalue weighted by Gasteiger charge is -2.19. The average molecular weight is 631 g/mol. The summed E-state index contributed by atoms with van der Waals surface area (Å²) in [4.78, 5) is 38.4. The molecular weight excluding hydrogens is 596 g/mol. The van der Waals surface area contributed by atoms with E-state index in [1.165, 1.54) is 61.9 Å². The predicted molar refractivity (Wildman–Crippen MR) is 167 cm³/mol. The number of carbonyl (C=O) groups excluding carboxylic acids is 3. The second-order valence-electron chi connectivity index (χ2n) is 9.17. The van der Waals surface area contributed by atoms with E-state index >= 15 is 0 Å². The molecular formula is C35H34O11. The molecule has 0 unspecified atom stereocenters. The molecule has 0 heterocycles. The highest BCUT2D eigenvalue weighted by atomic mass is 16.5. The molecule has 3 aromatic rings. The number of benzene rings is 3. The van der Waals surface area contributed by atoms with Gasteiger partial charge in [-0.25, -0.2) is 14.4 Å². The van der Waals surface area contributed by atoms with E-state index in [-0.39, 0.29) is 51.7 Å². The van der Waals surface area contributed by atoms with Crippen molar-refractivity contribution in [2.75, 3.05) is 56.4 Å². The first-order valence-electron chi connectivity index (χ1n) is 13.8. The summed E-state index contributed by atoms with van der Waals surface area (Å²) < 4.78 is 42.9. The van der Waals surface area contributed by atoms with Crippen molar-refractivity contribution in [2.24, 2.45) is 0 Å². The molecule has 0 aromatic heterocycles. The smallest absolute Gasteiger partial charge is 0.341 e. The first kappa shape index (κ1) is 34.7. The van der Waals surface area contributed by atoms with Crippen molar-refractivity contribution in [3.05, 3.63) is 75.3 Å². The maximum Gasteiger partial charge on any atom is 0.341 e. The van der Waals surface area contributed by atoms with E-state index < -0.39 is 17.9 Å². The summed E-state index contributed by atoms with van der Waals surface area (Å²) >= 11 is 0. The summed E-state index contributed by atoms with van der Waals surface area (Å²) in [6.45, 7) is 1.98. The van der Waals surface area contributed by atoms with Gasteiger partial charge < -0.3 is 37.9 Å². The first-order chi connectivity index (χ1) is 22.2. The van der Waals surface area contributed by atoms with Crippen LogP contribution in [0.25, 0.3) is 0 Å². The lowest BCUT2D eigenvalue weighted by molar-refractivity contribution is 0.0502. The Morgan fingerprint density at radius 2 is 1.00 bits per heavy atom. The van der Waals surface area contributed by atoms with E-state index in [1.807, 2.05) is 6.92 Å². The van der Waals surface area contributed by atoms with Crippen molar-refractivity contribution >= 4 is 17.9 Å². The van der Waals surface area contributed by atoms with Gasteiger partial charge in [0.15, 0.2) is 11.5 Å². The van der Waals surface area contributed by atoms with Crippen LogP contribution in [0.1, 0.15) is 66.7 Å². The molecule has 0 aliphatic rings. The van der Waals surface area contributed by atoms with Gasteiger partial charge in [0.1, 0.15) is 22.6 Å². The number of hydrogen-bond donors (Lipinski definition) is 0. The molecule has 11 heteroatoms. The van der Waals surface area contributed by atoms with Crippen LogP contribution < -0.4 is 23.7 Å². The minimum absolute atomic E-state index is 0.0358. The Morgan fingerprint density at radius 1 is 0.565 bits per heavy atom. The minimum atomic E-state index is -0.732. The molecule has 46 heavy (non-hydrogen) atoms. The van der Waals surface area contributed by atoms with Crippen molar-refractivity contribution in [1.29, 1.82) is 0 Å². The second kappa shape index (κ2) is 16.3. The third-order valence-electron chi connectivity index (χ3n) is 6.49. The standard InChI is InChI=1S/C35H34O11/c1-9-18-46-35(38)29-23(14-10-21-12-16-27(39-2)25(19-21)33(36)44-7)30(41-4)32(43-6)31(42-5)24(29)15-11-22-13-17-28(40-3)26(20-22)34(37)45-8/h12-13,16-17,19-20H,9,18H2,1-8H3. The van der Waals surface area contributed by atoms with E-state index in [0.717, 1.165) is 0 Å². The Labute approximate surface area is 267 Å². The lowest BCUT2D eigenvalue weighted by Crippen LogP contribution is -2.14. The minimum Gasteiger partial charge on any atom is -0.496 e. The number of hydrogen-bond acceptors (Lipinski definition) is 11. The molecule has 0 saturated carbocycles. The summed E-state index contributed by atoms with van der Waals surface area (Å²) in [5.74, 6) is 10.9. The highest BCUT2D eigenvalue weighted by Crippen LogP contribution is 2.45. The molecule has 0 bridgehead atoms. The molecule has 0 amide bonds. The molecule has 0 aliphatic carbocycles. The summed E-state index contributed by atoms with van der Waals surface area (Å²) in [7, 11) is 9.57. The van der Waals surface area contributed by atoms with Crippen LogP contribution in [0.3, 0.4) is 0 Å². The maximum atomic E-state index is 13.7. The van der Waals surface area contributed by atoms with Gasteiger partial charge in [-0.15, -0.1) is 0 Å². The normalized spacial score (nSPS) is 9.83. The van der Waals surface area contributed by atoms with Gasteiger partial charge in [0.2, 0.25) is 5.75 Å². The quantitative estimate of drug-likeness (QED) is 0.176. The predicted octanol–water partition coefficient (Wildman–Crippen LogP) is 4.67. The Bertz CT molecular complexity index is 1640. The molecule has 0 saturated heterocycles. The molecule has 11 nitrogen and oxygen atoms in total. The molecule has 3 rings (SSSR count). The summed E-state index contributed by atoms with van der Waals surface area (Å²) in [6.07, 6.45) is 0.558. The molecule has 0 spiro atoms. The van der Waals surface area contributed by atoms with Gasteiger partial charge in [0.25, 0.3) is 0 Å². The average Bonchev–Trinajstić information content (AvgIpc) is 3.09. The van der Waals surface area contributed by atoms with E-state index in [9.17, 15) is 14.4 Å². The first-order valence-corrected chi connectivity index (χ1v) is 13.8. The zero-order chi connectivity index (χ0) is 33.8. The van der Waals surface area contributed by atoms with Crippen molar-refractivity contribution < 1.29 is 52.3 Å². The van der Waals surface area contributed by atoms with Crippen LogP contribution in [0.5, 0.6) is 28.7 Å². The molecule has 3 aromatic carbocycles. The fourth-order valence-electron chi connectivity index (χ4n) is 4.35. The SMILES string of the molecule is CCCOC(=O)c1c(C#Cc2ccc(OC)c(C(=O)OC)c2)c(OC)c(OC)c(OC)c1C#Cc1ccc(OC)c(C(=O)OC)c1. The van der Waals surface area contributed by atoms with Crippen LogP contribution in [0.15, 0.2) is 36.4 Å². The Hall–Kier alpha value is -5.81. The number of methoxy groups -OCH3 is 7. The lowest BCUT2D eigenvalue weighted by atomic mass is 9.96. The number of esters is 3. The fourth-order valence-corrected chi connectivity index (χ4v) is 4.35. The third-order valence-corrected chi connectivity index (χ3v) is 6.49. The highest BCUT2D eigenvalue weighted by molar-refractivity contribution is 5.99. The van der Waals surface area contributed by atoms with Gasteiger partial charge >= 0.3 is 17.9 Å². The molecule has 0 aliphatic heterocycles. The van der Waals surface area contributed by atoms with Crippen LogP contribution in [-0.4, -0.2) is 74.3 Å². The molecule has 240 valence electrons. The van der Waals surface area contributed by atoms with Crippen molar-refractivity contribution in [2.45, 2.75) is 13.3 Å². The van der Waals surface area contributed by atoms with Crippen LogP contribution in [0.2, 0.25) is 0 Å². The highest BCUT2D eigenvalue weighted by Gasteiger charge is 2.30. The van der Waals surface area contributed by atoms with Gasteiger partial charge in [0.05, 0.1) is 73.1 Å². The van der Waals surface area contributed by atoms with Gasteiger partial charge in [-0.05, 0) is 42.8 Å². The summed E-state index contributed by atoms with van der Waals surface area (Å²) in [5, 5.41) is 0. The Kier molecular flexibility index (Phi) is 12.3. The van der Waals surface area contributed by atoms with Crippen LogP contribution in [0.4, 0.5) is 0 Å². The molecule has 0 atom stereocenters. The van der Waals surface area contributed by atoms with Crippen LogP contribution in [0, 0.1) is 23.7 Å². The van der Waals surface area contributed by atoms with Gasteiger partial charge in [0, 0.05) is 11.1 Å². The topological polar surface area (TPSA) is 125 Å². The second-order valence-corrected chi connectivity index (χ2v) is 9.17. The largest absolute Gasteiger partial charge is 0.496 e. The molecule has 0 N–H and O–H groups in total. The summed E-state index contributed by atoms with van der Waals surface area (Å²) in [5.41, 5.74) is 1.31. The number of carbonyl (C=O) groups is 3. The Balaban J connectivity index is 2.39. The molecule has 0 fully saturated rings. The van der Waals surface area contributed by atoms with Crippen LogP contribution in [-0.2, 0) is 14.2 Å². The number of ether oxygens (including phenoxy) is 8. The fraction of sp³-hybridized carbons (Fsp3) is 0.286. The van der Waals surface area contributed by atoms with E-state index in [2.05, 4.69) is 23.7 Å². The number of rotatable bonds is 10. The third kappa shape index (κ3) is 7.45. The monoisotopic (exact) mass is 630 g/mol. The summed E-state index contributed by atoms with van der Waals surface area (Å²) in [6, 6.07) is 9.44. The van der Waals surface area contributed by atoms with E-state index in [1.54, 1.807) is 24.3 Å². The maximum absolute atomic E-state index is 13.7. The zero-order valence-corrected chi connectivity index (χ0v) is 26.9. The molecule has 0 radical (unpaired) electrons. The van der Waals surface area contributed by atoms with Gasteiger partial charge in [-0.3, -0.25) is 0 Å². The zero-order valence-electron chi connectivity index (χ0n) is 26.9. The Morgan fingerprint density at radius 3 is 1.35 bits per heavy atom. The van der Waals surface area contributed by atoms with Crippen molar-refractivity contribution in [3.8, 4) is 52.4 Å². The van der Waals surface area contributed by atoms with Gasteiger partial charge in [-0.2, -0.15) is 0 Å². The van der Waals surface area contributed by atoms with E-state index in [0.29, 0.717) is 29.0 Å². The van der Waals surface area contributed by atoms with Gasteiger partial charge in [-0.1, -0.05) is 30.6 Å². The van der Waals surface area contributed by atoms with E-state index in [4.69, 9.17) is 37.9 Å². The van der Waals surface area contributed by atoms with Crippen molar-refractivity contribution in [3.63, 3.8) is 0 Å².